The summed E-state index contributed by atoms with van der Waals surface area (Å²) in [6.45, 7) is 6.70. The molecule has 0 heterocycles. The van der Waals surface area contributed by atoms with Crippen LogP contribution in [0, 0.1) is 119 Å². The second kappa shape index (κ2) is 16.2. The molecule has 11 heavy (non-hydrogen) atoms. The standard InChI is InChI=1S/C7H17N.3Ar/c1-5-6(2)7(3)8-4;;;/h6-8H,5H2,1-4H3;;;. The molecule has 4 heteroatoms. The van der Waals surface area contributed by atoms with Crippen LogP contribution < -0.4 is 5.32 Å². The van der Waals surface area contributed by atoms with Crippen LogP contribution in [0.5, 0.6) is 0 Å². The second-order valence-corrected chi connectivity index (χ2v) is 2.46. The van der Waals surface area contributed by atoms with Gasteiger partial charge in [0.2, 0.25) is 0 Å². The van der Waals surface area contributed by atoms with Crippen molar-refractivity contribution in [2.24, 2.45) is 5.92 Å². The van der Waals surface area contributed by atoms with Crippen molar-refractivity contribution in [3.8, 4) is 0 Å². The van der Waals surface area contributed by atoms with Crippen LogP contribution in [-0.2, 0) is 0 Å². The summed E-state index contributed by atoms with van der Waals surface area (Å²) in [7, 11) is 2.01. The molecule has 0 rings (SSSR count). The molecule has 0 saturated carbocycles. The van der Waals surface area contributed by atoms with E-state index in [2.05, 4.69) is 26.1 Å². The Balaban J connectivity index is -0.0000000817. The molecule has 0 aliphatic carbocycles. The molecule has 0 aliphatic heterocycles. The van der Waals surface area contributed by atoms with E-state index < -0.39 is 0 Å². The van der Waals surface area contributed by atoms with Crippen LogP contribution in [0.2, 0.25) is 0 Å². The van der Waals surface area contributed by atoms with E-state index in [0.717, 1.165) is 5.92 Å². The molecule has 0 radical (unpaired) electrons. The molecule has 74 valence electrons. The minimum absolute atomic E-state index is 0. The van der Waals surface area contributed by atoms with Gasteiger partial charge in [-0.3, -0.25) is 0 Å². The largest absolute Gasteiger partial charge is 0.317 e. The second-order valence-electron chi connectivity index (χ2n) is 2.46. The summed E-state index contributed by atoms with van der Waals surface area (Å²) >= 11 is 0. The van der Waals surface area contributed by atoms with E-state index in [-0.39, 0.29) is 113 Å². The summed E-state index contributed by atoms with van der Waals surface area (Å²) in [6.07, 6.45) is 1.27. The molecule has 0 aromatic heterocycles. The zero-order valence-electron chi connectivity index (χ0n) is 7.42. The van der Waals surface area contributed by atoms with Gasteiger partial charge < -0.3 is 5.32 Å². The summed E-state index contributed by atoms with van der Waals surface area (Å²) in [4.78, 5) is 0. The first-order valence-electron chi connectivity index (χ1n) is 3.39. The molecule has 0 saturated heterocycles. The summed E-state index contributed by atoms with van der Waals surface area (Å²) < 4.78 is 0. The van der Waals surface area contributed by atoms with Gasteiger partial charge in [0.1, 0.15) is 0 Å². The van der Waals surface area contributed by atoms with Gasteiger partial charge >= 0.3 is 0 Å². The minimum Gasteiger partial charge on any atom is -0.317 e. The van der Waals surface area contributed by atoms with Crippen LogP contribution in [0.3, 0.4) is 0 Å². The molecule has 0 spiro atoms. The van der Waals surface area contributed by atoms with Gasteiger partial charge in [0.05, 0.1) is 0 Å². The minimum atomic E-state index is 0. The Labute approximate surface area is 161 Å². The Morgan fingerprint density at radius 2 is 1.45 bits per heavy atom. The van der Waals surface area contributed by atoms with Crippen molar-refractivity contribution in [2.75, 3.05) is 7.05 Å². The number of hydrogen-bond donors (Lipinski definition) is 1. The van der Waals surface area contributed by atoms with Crippen molar-refractivity contribution in [1.82, 2.24) is 5.32 Å². The molecule has 2 unspecified atom stereocenters. The molecular weight excluding hydrogens is 218 g/mol. The van der Waals surface area contributed by atoms with Crippen LogP contribution in [-0.4, -0.2) is 13.1 Å². The molecule has 1 nitrogen and oxygen atoms in total. The van der Waals surface area contributed by atoms with E-state index in [9.17, 15) is 0 Å². The van der Waals surface area contributed by atoms with Gasteiger partial charge in [-0.05, 0) is 19.9 Å². The third-order valence-electron chi connectivity index (χ3n) is 1.95. The quantitative estimate of drug-likeness (QED) is 0.784. The average Bonchev–Trinajstić information content (AvgIpc) is 1.84. The number of hydrogen-bond acceptors (Lipinski definition) is 1. The first kappa shape index (κ1) is 24.1. The van der Waals surface area contributed by atoms with E-state index in [1.165, 1.54) is 6.42 Å². The fraction of sp³-hybridized carbons (Fsp3) is 1.00. The number of rotatable bonds is 3. The summed E-state index contributed by atoms with van der Waals surface area (Å²) in [5.41, 5.74) is 0. The predicted octanol–water partition coefficient (Wildman–Crippen LogP) is 1.64. The Kier molecular flexibility index (Phi) is 35.5. The maximum atomic E-state index is 3.22. The molecule has 0 fully saturated rings. The molecule has 0 aromatic rings. The molecule has 0 amide bonds. The van der Waals surface area contributed by atoms with E-state index >= 15 is 0 Å². The SMILES string of the molecule is CCC(C)C(C)NC.[Ar].[Ar].[Ar]. The smallest absolute Gasteiger partial charge is 0.00612 e. The van der Waals surface area contributed by atoms with Crippen molar-refractivity contribution in [3.05, 3.63) is 0 Å². The molecule has 2 atom stereocenters. The Morgan fingerprint density at radius 1 is 1.09 bits per heavy atom. The van der Waals surface area contributed by atoms with Crippen molar-refractivity contribution in [2.45, 2.75) is 33.2 Å². The van der Waals surface area contributed by atoms with Crippen molar-refractivity contribution < 1.29 is 113 Å². The Bertz CT molecular complexity index is 53.6. The van der Waals surface area contributed by atoms with Gasteiger partial charge in [-0.1, -0.05) is 20.3 Å². The summed E-state index contributed by atoms with van der Waals surface area (Å²) in [5.74, 6) is 0.806. The predicted molar refractivity (Wildman–Crippen MR) is 38.0 cm³/mol. The van der Waals surface area contributed by atoms with Crippen LogP contribution in [0.1, 0.15) is 27.2 Å². The van der Waals surface area contributed by atoms with Gasteiger partial charge in [-0.2, -0.15) is 0 Å². The average molecular weight is 235 g/mol. The van der Waals surface area contributed by atoms with Crippen LogP contribution in [0.15, 0.2) is 0 Å². The van der Waals surface area contributed by atoms with Gasteiger partial charge in [0.15, 0.2) is 0 Å². The Hall–Kier alpha value is 3.74. The van der Waals surface area contributed by atoms with E-state index in [1.807, 2.05) is 7.05 Å². The van der Waals surface area contributed by atoms with Crippen LogP contribution in [0.25, 0.3) is 0 Å². The Morgan fingerprint density at radius 3 is 1.55 bits per heavy atom. The third-order valence-corrected chi connectivity index (χ3v) is 1.95. The van der Waals surface area contributed by atoms with Crippen molar-refractivity contribution in [3.63, 3.8) is 0 Å². The van der Waals surface area contributed by atoms with Crippen LogP contribution in [0.4, 0.5) is 0 Å². The zero-order valence-corrected chi connectivity index (χ0v) is 9.54. The molecular formula is C7H17Ar3N. The number of nitrogens with one attached hydrogen (secondary N) is 1. The summed E-state index contributed by atoms with van der Waals surface area (Å²) in [6, 6.07) is 0.667. The monoisotopic (exact) mass is 235 g/mol. The molecule has 0 aromatic carbocycles. The van der Waals surface area contributed by atoms with Gasteiger partial charge in [0, 0.05) is 119 Å². The van der Waals surface area contributed by atoms with E-state index in [0.29, 0.717) is 6.04 Å². The fourth-order valence-corrected chi connectivity index (χ4v) is 0.638. The van der Waals surface area contributed by atoms with Gasteiger partial charge in [0.25, 0.3) is 0 Å². The van der Waals surface area contributed by atoms with Gasteiger partial charge in [-0.15, -0.1) is 0 Å². The van der Waals surface area contributed by atoms with E-state index in [4.69, 9.17) is 0 Å². The first-order chi connectivity index (χ1) is 3.72. The van der Waals surface area contributed by atoms with Crippen molar-refractivity contribution in [1.29, 1.82) is 0 Å². The van der Waals surface area contributed by atoms with Gasteiger partial charge in [-0.25, -0.2) is 0 Å². The van der Waals surface area contributed by atoms with Crippen molar-refractivity contribution >= 4 is 0 Å². The maximum Gasteiger partial charge on any atom is 0.00612 e. The first-order valence-corrected chi connectivity index (χ1v) is 3.39. The zero-order chi connectivity index (χ0) is 6.57. The maximum absolute atomic E-state index is 3.22. The summed E-state index contributed by atoms with van der Waals surface area (Å²) in [5, 5.41) is 3.22. The normalized spacial score (nSPS) is 13.1. The molecule has 0 aliphatic rings. The molecule has 0 bridgehead atoms. The van der Waals surface area contributed by atoms with Crippen LogP contribution >= 0.6 is 0 Å². The fourth-order valence-electron chi connectivity index (χ4n) is 0.638. The van der Waals surface area contributed by atoms with E-state index in [1.54, 1.807) is 0 Å². The molecule has 1 N–H and O–H groups in total. The third kappa shape index (κ3) is 13.7. The topological polar surface area (TPSA) is 12.0 Å².